The Labute approximate surface area is 113 Å². The van der Waals surface area contributed by atoms with Gasteiger partial charge in [-0.15, -0.1) is 0 Å². The van der Waals surface area contributed by atoms with Crippen molar-refractivity contribution in [3.05, 3.63) is 12.7 Å². The Hall–Kier alpha value is -1.81. The van der Waals surface area contributed by atoms with Crippen LogP contribution in [0.15, 0.2) is 12.7 Å². The molecular weight excluding hydrogens is 266 g/mol. The number of anilines is 1. The molecule has 1 saturated heterocycles. The SMILES string of the molecule is CNc1ncnc2c1ncn2[C@@H]1O[C@H](CO)[C@H](O)[C@H]1O. The van der Waals surface area contributed by atoms with E-state index < -0.39 is 24.5 Å². The predicted molar refractivity (Wildman–Crippen MR) is 67.9 cm³/mol. The summed E-state index contributed by atoms with van der Waals surface area (Å²) in [5, 5.41) is 31.8. The van der Waals surface area contributed by atoms with Crippen molar-refractivity contribution in [1.29, 1.82) is 0 Å². The van der Waals surface area contributed by atoms with Crippen LogP contribution in [0, 0.1) is 0 Å². The molecule has 9 heteroatoms. The van der Waals surface area contributed by atoms with Gasteiger partial charge in [-0.05, 0) is 0 Å². The van der Waals surface area contributed by atoms with Crippen LogP contribution in [0.25, 0.3) is 11.2 Å². The minimum absolute atomic E-state index is 0.377. The largest absolute Gasteiger partial charge is 0.394 e. The number of fused-ring (bicyclic) bond motifs is 1. The molecular formula is C11H15N5O4. The van der Waals surface area contributed by atoms with Gasteiger partial charge in [-0.25, -0.2) is 15.0 Å². The average Bonchev–Trinajstić information content (AvgIpc) is 3.01. The summed E-state index contributed by atoms with van der Waals surface area (Å²) in [6, 6.07) is 0. The minimum atomic E-state index is -1.17. The van der Waals surface area contributed by atoms with Gasteiger partial charge in [-0.1, -0.05) is 0 Å². The van der Waals surface area contributed by atoms with Gasteiger partial charge in [0.15, 0.2) is 17.7 Å². The summed E-state index contributed by atoms with van der Waals surface area (Å²) in [5.74, 6) is 0.556. The van der Waals surface area contributed by atoms with Gasteiger partial charge in [0, 0.05) is 7.05 Å². The molecule has 3 heterocycles. The molecule has 20 heavy (non-hydrogen) atoms. The van der Waals surface area contributed by atoms with Gasteiger partial charge < -0.3 is 25.4 Å². The summed E-state index contributed by atoms with van der Waals surface area (Å²) in [6.45, 7) is -0.377. The number of aliphatic hydroxyl groups is 3. The second kappa shape index (κ2) is 4.94. The smallest absolute Gasteiger partial charge is 0.167 e. The van der Waals surface area contributed by atoms with Crippen molar-refractivity contribution in [3.63, 3.8) is 0 Å². The van der Waals surface area contributed by atoms with Crippen LogP contribution in [0.3, 0.4) is 0 Å². The Bertz CT molecular complexity index is 618. The van der Waals surface area contributed by atoms with Gasteiger partial charge in [0.2, 0.25) is 0 Å². The second-order valence-corrected chi connectivity index (χ2v) is 4.53. The van der Waals surface area contributed by atoms with Crippen LogP contribution in [0.1, 0.15) is 6.23 Å². The van der Waals surface area contributed by atoms with Gasteiger partial charge in [0.05, 0.1) is 12.9 Å². The molecule has 0 aromatic carbocycles. The monoisotopic (exact) mass is 281 g/mol. The number of rotatable bonds is 3. The fourth-order valence-corrected chi connectivity index (χ4v) is 2.33. The maximum atomic E-state index is 10.0. The third-order valence-electron chi connectivity index (χ3n) is 3.39. The van der Waals surface area contributed by atoms with E-state index in [2.05, 4.69) is 20.3 Å². The van der Waals surface area contributed by atoms with Crippen molar-refractivity contribution in [2.75, 3.05) is 19.0 Å². The topological polar surface area (TPSA) is 126 Å². The molecule has 0 amide bonds. The van der Waals surface area contributed by atoms with Gasteiger partial charge in [-0.3, -0.25) is 4.57 Å². The average molecular weight is 281 g/mol. The highest BCUT2D eigenvalue weighted by Gasteiger charge is 2.43. The summed E-state index contributed by atoms with van der Waals surface area (Å²) >= 11 is 0. The van der Waals surface area contributed by atoms with Gasteiger partial charge >= 0.3 is 0 Å². The van der Waals surface area contributed by atoms with E-state index in [4.69, 9.17) is 9.84 Å². The van der Waals surface area contributed by atoms with E-state index in [1.807, 2.05) is 0 Å². The molecule has 2 aromatic rings. The van der Waals surface area contributed by atoms with Crippen LogP contribution in [-0.2, 0) is 4.74 Å². The van der Waals surface area contributed by atoms with Gasteiger partial charge in [-0.2, -0.15) is 0 Å². The summed E-state index contributed by atoms with van der Waals surface area (Å²) in [6.07, 6.45) is -1.19. The molecule has 0 bridgehead atoms. The Balaban J connectivity index is 2.03. The summed E-state index contributed by atoms with van der Waals surface area (Å²) < 4.78 is 6.97. The molecule has 1 fully saturated rings. The molecule has 4 atom stereocenters. The Kier molecular flexibility index (Phi) is 3.26. The Morgan fingerprint density at radius 1 is 1.30 bits per heavy atom. The van der Waals surface area contributed by atoms with Crippen molar-refractivity contribution in [2.45, 2.75) is 24.5 Å². The van der Waals surface area contributed by atoms with Crippen LogP contribution < -0.4 is 5.32 Å². The Morgan fingerprint density at radius 2 is 2.10 bits per heavy atom. The van der Waals surface area contributed by atoms with E-state index in [0.29, 0.717) is 17.0 Å². The van der Waals surface area contributed by atoms with Crippen molar-refractivity contribution < 1.29 is 20.1 Å². The highest BCUT2D eigenvalue weighted by molar-refractivity contribution is 5.82. The molecule has 108 valence electrons. The van der Waals surface area contributed by atoms with Crippen LogP contribution in [0.5, 0.6) is 0 Å². The normalized spacial score (nSPS) is 30.0. The molecule has 0 saturated carbocycles. The zero-order chi connectivity index (χ0) is 14.3. The van der Waals surface area contributed by atoms with Crippen LogP contribution in [-0.4, -0.2) is 66.8 Å². The highest BCUT2D eigenvalue weighted by atomic mass is 16.6. The maximum Gasteiger partial charge on any atom is 0.167 e. The third-order valence-corrected chi connectivity index (χ3v) is 3.39. The molecule has 1 aliphatic rings. The number of imidazole rings is 1. The summed E-state index contributed by atoms with van der Waals surface area (Å²) in [4.78, 5) is 12.3. The van der Waals surface area contributed by atoms with E-state index >= 15 is 0 Å². The molecule has 9 nitrogen and oxygen atoms in total. The van der Waals surface area contributed by atoms with Gasteiger partial charge in [0.25, 0.3) is 0 Å². The Morgan fingerprint density at radius 3 is 2.75 bits per heavy atom. The van der Waals surface area contributed by atoms with Crippen LogP contribution in [0.4, 0.5) is 5.82 Å². The van der Waals surface area contributed by atoms with Crippen molar-refractivity contribution in [3.8, 4) is 0 Å². The second-order valence-electron chi connectivity index (χ2n) is 4.53. The van der Waals surface area contributed by atoms with Crippen LogP contribution >= 0.6 is 0 Å². The zero-order valence-electron chi connectivity index (χ0n) is 10.7. The number of hydrogen-bond donors (Lipinski definition) is 4. The quantitative estimate of drug-likeness (QED) is 0.534. The number of nitrogens with one attached hydrogen (secondary N) is 1. The molecule has 0 aliphatic carbocycles. The number of nitrogens with zero attached hydrogens (tertiary/aromatic N) is 4. The molecule has 0 radical (unpaired) electrons. The van der Waals surface area contributed by atoms with E-state index in [1.165, 1.54) is 17.2 Å². The summed E-state index contributed by atoms with van der Waals surface area (Å²) in [7, 11) is 1.72. The molecule has 2 aromatic heterocycles. The maximum absolute atomic E-state index is 10.0. The third kappa shape index (κ3) is 1.83. The van der Waals surface area contributed by atoms with Crippen LogP contribution in [0.2, 0.25) is 0 Å². The lowest BCUT2D eigenvalue weighted by Gasteiger charge is -2.16. The standard InChI is InChI=1S/C11H15N5O4/c1-12-9-6-10(14-3-13-9)16(4-15-6)11-8(19)7(18)5(2-17)20-11/h3-5,7-8,11,17-19H,2H2,1H3,(H,12,13,14)/t5-,7+,8-,11-/m1/s1. The van der Waals surface area contributed by atoms with Crippen molar-refractivity contribution in [2.24, 2.45) is 0 Å². The van der Waals surface area contributed by atoms with E-state index in [-0.39, 0.29) is 6.61 Å². The number of ether oxygens (including phenoxy) is 1. The van der Waals surface area contributed by atoms with E-state index in [9.17, 15) is 10.2 Å². The van der Waals surface area contributed by atoms with Gasteiger partial charge in [0.1, 0.15) is 30.2 Å². The van der Waals surface area contributed by atoms with E-state index in [1.54, 1.807) is 7.05 Å². The number of hydrogen-bond acceptors (Lipinski definition) is 8. The molecule has 0 unspecified atom stereocenters. The molecule has 4 N–H and O–H groups in total. The first-order valence-electron chi connectivity index (χ1n) is 6.15. The first kappa shape index (κ1) is 13.2. The summed E-state index contributed by atoms with van der Waals surface area (Å²) in [5.41, 5.74) is 1.01. The van der Waals surface area contributed by atoms with Crippen molar-refractivity contribution in [1.82, 2.24) is 19.5 Å². The molecule has 1 aliphatic heterocycles. The highest BCUT2D eigenvalue weighted by Crippen LogP contribution is 2.31. The number of aromatic nitrogens is 4. The first-order chi connectivity index (χ1) is 9.67. The predicted octanol–water partition coefficient (Wildman–Crippen LogP) is -1.52. The fraction of sp³-hybridized carbons (Fsp3) is 0.545. The zero-order valence-corrected chi connectivity index (χ0v) is 10.7. The van der Waals surface area contributed by atoms with E-state index in [0.717, 1.165) is 0 Å². The molecule has 0 spiro atoms. The number of aliphatic hydroxyl groups excluding tert-OH is 3. The molecule has 3 rings (SSSR count). The first-order valence-corrected chi connectivity index (χ1v) is 6.15. The lowest BCUT2D eigenvalue weighted by atomic mass is 10.1. The fourth-order valence-electron chi connectivity index (χ4n) is 2.33. The van der Waals surface area contributed by atoms with Crippen molar-refractivity contribution >= 4 is 17.0 Å². The lowest BCUT2D eigenvalue weighted by Crippen LogP contribution is -2.33. The minimum Gasteiger partial charge on any atom is -0.394 e. The lowest BCUT2D eigenvalue weighted by molar-refractivity contribution is -0.0511.